The maximum Gasteiger partial charge on any atom is 0.264 e. The average Bonchev–Trinajstić information content (AvgIpc) is 2.83. The van der Waals surface area contributed by atoms with Gasteiger partial charge in [-0.15, -0.1) is 23.7 Å². The van der Waals surface area contributed by atoms with Crippen LogP contribution in [0.15, 0.2) is 18.2 Å². The lowest BCUT2D eigenvalue weighted by Gasteiger charge is -2.31. The second-order valence-corrected chi connectivity index (χ2v) is 6.60. The van der Waals surface area contributed by atoms with E-state index in [1.54, 1.807) is 6.07 Å². The van der Waals surface area contributed by atoms with Crippen molar-refractivity contribution >= 4 is 39.7 Å². The molecule has 0 spiro atoms. The van der Waals surface area contributed by atoms with Crippen molar-refractivity contribution in [3.63, 3.8) is 0 Å². The minimum absolute atomic E-state index is 0. The van der Waals surface area contributed by atoms with Crippen molar-refractivity contribution in [2.45, 2.75) is 25.8 Å². The molecule has 1 aliphatic rings. The van der Waals surface area contributed by atoms with Gasteiger partial charge in [0.1, 0.15) is 5.82 Å². The lowest BCUT2D eigenvalue weighted by Crippen LogP contribution is -2.43. The molecule has 1 aromatic carbocycles. The van der Waals surface area contributed by atoms with Crippen LogP contribution in [0.1, 0.15) is 28.1 Å². The van der Waals surface area contributed by atoms with E-state index >= 15 is 0 Å². The standard InChI is InChI=1S/C16H19FN2OS.ClH/c1-10-13-9-11(17)3-4-14(13)21-15(10)16(20)19-7-5-12(18-2)6-8-19;/h3-4,9,12,18H,5-8H2,1-2H3;1H. The Bertz CT molecular complexity index is 680. The highest BCUT2D eigenvalue weighted by Gasteiger charge is 2.25. The highest BCUT2D eigenvalue weighted by atomic mass is 35.5. The summed E-state index contributed by atoms with van der Waals surface area (Å²) in [5, 5.41) is 4.12. The average molecular weight is 343 g/mol. The van der Waals surface area contributed by atoms with E-state index in [4.69, 9.17) is 0 Å². The second kappa shape index (κ2) is 6.94. The van der Waals surface area contributed by atoms with Gasteiger partial charge >= 0.3 is 0 Å². The number of carbonyl (C=O) groups excluding carboxylic acids is 1. The Morgan fingerprint density at radius 3 is 2.68 bits per heavy atom. The number of amides is 1. The smallest absolute Gasteiger partial charge is 0.264 e. The molecular weight excluding hydrogens is 323 g/mol. The van der Waals surface area contributed by atoms with Gasteiger partial charge in [0.2, 0.25) is 0 Å². The first kappa shape index (κ1) is 17.2. The number of benzene rings is 1. The summed E-state index contributed by atoms with van der Waals surface area (Å²) in [5.74, 6) is -0.166. The van der Waals surface area contributed by atoms with Gasteiger partial charge < -0.3 is 10.2 Å². The predicted octanol–water partition coefficient (Wildman–Crippen LogP) is 3.59. The van der Waals surface area contributed by atoms with Crippen molar-refractivity contribution in [2.75, 3.05) is 20.1 Å². The highest BCUT2D eigenvalue weighted by molar-refractivity contribution is 7.21. The second-order valence-electron chi connectivity index (χ2n) is 5.55. The van der Waals surface area contributed by atoms with Gasteiger partial charge in [-0.25, -0.2) is 4.39 Å². The van der Waals surface area contributed by atoms with Crippen LogP contribution in [0.3, 0.4) is 0 Å². The van der Waals surface area contributed by atoms with Crippen molar-refractivity contribution in [1.82, 2.24) is 10.2 Å². The zero-order valence-electron chi connectivity index (χ0n) is 12.7. The Morgan fingerprint density at radius 2 is 2.05 bits per heavy atom. The quantitative estimate of drug-likeness (QED) is 0.904. The predicted molar refractivity (Wildman–Crippen MR) is 91.8 cm³/mol. The molecule has 1 saturated heterocycles. The number of nitrogens with zero attached hydrogens (tertiary/aromatic N) is 1. The van der Waals surface area contributed by atoms with E-state index in [1.165, 1.54) is 23.5 Å². The fraction of sp³-hybridized carbons (Fsp3) is 0.438. The number of likely N-dealkylation sites (tertiary alicyclic amines) is 1. The molecule has 120 valence electrons. The molecule has 1 aromatic heterocycles. The van der Waals surface area contributed by atoms with Gasteiger partial charge in [-0.2, -0.15) is 0 Å². The molecule has 1 N–H and O–H groups in total. The molecule has 0 bridgehead atoms. The summed E-state index contributed by atoms with van der Waals surface area (Å²) in [5.41, 5.74) is 0.898. The molecule has 1 aliphatic heterocycles. The van der Waals surface area contributed by atoms with Gasteiger partial charge in [0, 0.05) is 23.8 Å². The molecule has 0 unspecified atom stereocenters. The minimum Gasteiger partial charge on any atom is -0.338 e. The first-order valence-electron chi connectivity index (χ1n) is 7.25. The Hall–Kier alpha value is -1.17. The summed E-state index contributed by atoms with van der Waals surface area (Å²) in [4.78, 5) is 15.4. The normalized spacial score (nSPS) is 15.9. The van der Waals surface area contributed by atoms with Crippen molar-refractivity contribution in [2.24, 2.45) is 0 Å². The summed E-state index contributed by atoms with van der Waals surface area (Å²) < 4.78 is 14.3. The van der Waals surface area contributed by atoms with Gasteiger partial charge in [0.15, 0.2) is 0 Å². The summed E-state index contributed by atoms with van der Waals surface area (Å²) in [6.07, 6.45) is 1.97. The largest absolute Gasteiger partial charge is 0.338 e. The Balaban J connectivity index is 0.00000176. The first-order valence-corrected chi connectivity index (χ1v) is 8.07. The van der Waals surface area contributed by atoms with Crippen LogP contribution < -0.4 is 5.32 Å². The van der Waals surface area contributed by atoms with Crippen LogP contribution in [0.5, 0.6) is 0 Å². The SMILES string of the molecule is CNC1CCN(C(=O)c2sc3ccc(F)cc3c2C)CC1.Cl. The number of thiophene rings is 1. The Kier molecular flexibility index (Phi) is 5.42. The molecule has 3 rings (SSSR count). The number of fused-ring (bicyclic) bond motifs is 1. The minimum atomic E-state index is -0.253. The molecule has 0 atom stereocenters. The van der Waals surface area contributed by atoms with E-state index in [0.717, 1.165) is 46.5 Å². The molecule has 0 aliphatic carbocycles. The van der Waals surface area contributed by atoms with E-state index in [-0.39, 0.29) is 24.1 Å². The Morgan fingerprint density at radius 1 is 1.36 bits per heavy atom. The number of rotatable bonds is 2. The van der Waals surface area contributed by atoms with E-state index in [1.807, 2.05) is 18.9 Å². The molecule has 3 nitrogen and oxygen atoms in total. The number of aryl methyl sites for hydroxylation is 1. The molecule has 22 heavy (non-hydrogen) atoms. The molecule has 2 aromatic rings. The number of halogens is 2. The van der Waals surface area contributed by atoms with Gasteiger partial charge in [-0.05, 0) is 56.0 Å². The Labute approximate surface area is 139 Å². The van der Waals surface area contributed by atoms with Crippen molar-refractivity contribution in [3.8, 4) is 0 Å². The van der Waals surface area contributed by atoms with Crippen LogP contribution in [-0.2, 0) is 0 Å². The van der Waals surface area contributed by atoms with Crippen LogP contribution in [0.25, 0.3) is 10.1 Å². The molecule has 1 amide bonds. The van der Waals surface area contributed by atoms with E-state index in [0.29, 0.717) is 6.04 Å². The highest BCUT2D eigenvalue weighted by Crippen LogP contribution is 2.32. The first-order chi connectivity index (χ1) is 10.1. The van der Waals surface area contributed by atoms with Crippen molar-refractivity contribution in [3.05, 3.63) is 34.5 Å². The fourth-order valence-electron chi connectivity index (χ4n) is 2.91. The summed E-state index contributed by atoms with van der Waals surface area (Å²) >= 11 is 1.47. The third-order valence-corrected chi connectivity index (χ3v) is 5.54. The summed E-state index contributed by atoms with van der Waals surface area (Å²) in [7, 11) is 1.97. The fourth-order valence-corrected chi connectivity index (χ4v) is 4.07. The van der Waals surface area contributed by atoms with Crippen LogP contribution in [0.4, 0.5) is 4.39 Å². The van der Waals surface area contributed by atoms with E-state index < -0.39 is 0 Å². The lowest BCUT2D eigenvalue weighted by atomic mass is 10.0. The maximum atomic E-state index is 13.4. The van der Waals surface area contributed by atoms with Gasteiger partial charge in [-0.1, -0.05) is 0 Å². The monoisotopic (exact) mass is 342 g/mol. The topological polar surface area (TPSA) is 32.3 Å². The van der Waals surface area contributed by atoms with Crippen molar-refractivity contribution in [1.29, 1.82) is 0 Å². The third-order valence-electron chi connectivity index (χ3n) is 4.28. The molecule has 0 radical (unpaired) electrons. The number of carbonyl (C=O) groups is 1. The number of hydrogen-bond donors (Lipinski definition) is 1. The van der Waals surface area contributed by atoms with Gasteiger partial charge in [0.25, 0.3) is 5.91 Å². The summed E-state index contributed by atoms with van der Waals surface area (Å²) in [6.45, 7) is 3.48. The zero-order valence-corrected chi connectivity index (χ0v) is 14.3. The van der Waals surface area contributed by atoms with E-state index in [9.17, 15) is 9.18 Å². The number of piperidine rings is 1. The molecular formula is C16H20ClFN2OS. The maximum absolute atomic E-state index is 13.4. The molecule has 2 heterocycles. The zero-order chi connectivity index (χ0) is 15.0. The van der Waals surface area contributed by atoms with Crippen LogP contribution >= 0.6 is 23.7 Å². The third kappa shape index (κ3) is 3.12. The molecule has 0 saturated carbocycles. The van der Waals surface area contributed by atoms with E-state index in [2.05, 4.69) is 5.32 Å². The van der Waals surface area contributed by atoms with Crippen LogP contribution in [0, 0.1) is 12.7 Å². The van der Waals surface area contributed by atoms with Crippen molar-refractivity contribution < 1.29 is 9.18 Å². The molecule has 6 heteroatoms. The molecule has 1 fully saturated rings. The van der Waals surface area contributed by atoms with Gasteiger partial charge in [0.05, 0.1) is 4.88 Å². The van der Waals surface area contributed by atoms with Crippen LogP contribution in [0.2, 0.25) is 0 Å². The lowest BCUT2D eigenvalue weighted by molar-refractivity contribution is 0.0711. The number of nitrogens with one attached hydrogen (secondary N) is 1. The van der Waals surface area contributed by atoms with Crippen LogP contribution in [-0.4, -0.2) is 37.0 Å². The van der Waals surface area contributed by atoms with Gasteiger partial charge in [-0.3, -0.25) is 4.79 Å². The summed E-state index contributed by atoms with van der Waals surface area (Å²) in [6, 6.07) is 5.23. The number of hydrogen-bond acceptors (Lipinski definition) is 3.